The number of nitrogens with two attached hydrogens (primary N) is 1. The molecule has 0 aliphatic rings. The molecule has 0 bridgehead atoms. The molecule has 0 aliphatic carbocycles. The van der Waals surface area contributed by atoms with Gasteiger partial charge in [0.15, 0.2) is 0 Å². The summed E-state index contributed by atoms with van der Waals surface area (Å²) in [5, 5.41) is 0. The van der Waals surface area contributed by atoms with Crippen molar-refractivity contribution in [2.75, 3.05) is 0 Å². The lowest BCUT2D eigenvalue weighted by atomic mass is 10.2. The number of carbonyl (C=O) groups is 1. The van der Waals surface area contributed by atoms with E-state index < -0.39 is 11.7 Å². The van der Waals surface area contributed by atoms with Gasteiger partial charge in [0, 0.05) is 16.7 Å². The summed E-state index contributed by atoms with van der Waals surface area (Å²) in [6.45, 7) is 1.86. The van der Waals surface area contributed by atoms with Crippen LogP contribution in [0.4, 0.5) is 4.39 Å². The first-order valence-electron chi connectivity index (χ1n) is 5.37. The predicted octanol–water partition coefficient (Wildman–Crippen LogP) is 3.18. The number of hydrogen-bond donors (Lipinski definition) is 1. The molecule has 0 aliphatic heterocycles. The highest BCUT2D eigenvalue weighted by atomic mass is 79.9. The van der Waals surface area contributed by atoms with Crippen LogP contribution in [0.5, 0.6) is 11.6 Å². The second-order valence-corrected chi connectivity index (χ2v) is 4.71. The molecule has 0 spiro atoms. The van der Waals surface area contributed by atoms with Gasteiger partial charge >= 0.3 is 0 Å². The first kappa shape index (κ1) is 13.5. The molecule has 19 heavy (non-hydrogen) atoms. The Morgan fingerprint density at radius 3 is 2.84 bits per heavy atom. The van der Waals surface area contributed by atoms with E-state index in [1.807, 2.05) is 6.92 Å². The van der Waals surface area contributed by atoms with Gasteiger partial charge in [0.2, 0.25) is 5.88 Å². The van der Waals surface area contributed by atoms with Crippen LogP contribution >= 0.6 is 15.9 Å². The van der Waals surface area contributed by atoms with Gasteiger partial charge in [0.25, 0.3) is 5.91 Å². The number of aryl methyl sites for hydroxylation is 1. The summed E-state index contributed by atoms with van der Waals surface area (Å²) in [5.41, 5.74) is 5.75. The first-order valence-corrected chi connectivity index (χ1v) is 6.16. The second kappa shape index (κ2) is 5.36. The van der Waals surface area contributed by atoms with Gasteiger partial charge in [-0.3, -0.25) is 4.79 Å². The molecule has 1 aromatic heterocycles. The number of amides is 1. The minimum atomic E-state index is -0.887. The number of carbonyl (C=O) groups excluding carboxylic acids is 1. The van der Waals surface area contributed by atoms with Crippen molar-refractivity contribution in [3.05, 3.63) is 51.9 Å². The maximum Gasteiger partial charge on any atom is 0.255 e. The number of benzene rings is 1. The SMILES string of the molecule is Cc1cc(Oc2cccc(F)c2C(N)=O)ncc1Br. The number of primary amides is 1. The minimum absolute atomic E-state index is 0.0433. The summed E-state index contributed by atoms with van der Waals surface area (Å²) in [7, 11) is 0. The van der Waals surface area contributed by atoms with E-state index in [9.17, 15) is 9.18 Å². The van der Waals surface area contributed by atoms with Crippen molar-refractivity contribution in [2.45, 2.75) is 6.92 Å². The molecule has 1 heterocycles. The average molecular weight is 325 g/mol. The van der Waals surface area contributed by atoms with E-state index in [1.165, 1.54) is 12.1 Å². The van der Waals surface area contributed by atoms with Crippen LogP contribution < -0.4 is 10.5 Å². The van der Waals surface area contributed by atoms with Crippen LogP contribution in [-0.2, 0) is 0 Å². The monoisotopic (exact) mass is 324 g/mol. The number of halogens is 2. The van der Waals surface area contributed by atoms with Crippen molar-refractivity contribution >= 4 is 21.8 Å². The van der Waals surface area contributed by atoms with Crippen molar-refractivity contribution in [1.29, 1.82) is 0 Å². The number of pyridine rings is 1. The lowest BCUT2D eigenvalue weighted by molar-refractivity contribution is 0.0994. The molecule has 1 aromatic carbocycles. The van der Waals surface area contributed by atoms with Crippen LogP contribution in [0.15, 0.2) is 34.9 Å². The third kappa shape index (κ3) is 2.90. The summed E-state index contributed by atoms with van der Waals surface area (Å²) in [6.07, 6.45) is 1.56. The van der Waals surface area contributed by atoms with Crippen molar-refractivity contribution in [2.24, 2.45) is 5.73 Å². The fraction of sp³-hybridized carbons (Fsp3) is 0.0769. The van der Waals surface area contributed by atoms with Crippen molar-refractivity contribution in [3.8, 4) is 11.6 Å². The third-order valence-corrected chi connectivity index (χ3v) is 3.29. The number of aromatic nitrogens is 1. The van der Waals surface area contributed by atoms with Gasteiger partial charge in [-0.2, -0.15) is 0 Å². The standard InChI is InChI=1S/C13H10BrFN2O2/c1-7-5-11(17-6-8(7)14)19-10-4-2-3-9(15)12(10)13(16)18/h2-6H,1H3,(H2,16,18). The Balaban J connectivity index is 2.40. The highest BCUT2D eigenvalue weighted by Crippen LogP contribution is 2.27. The van der Waals surface area contributed by atoms with Gasteiger partial charge in [0.1, 0.15) is 17.1 Å². The molecule has 1 amide bonds. The predicted molar refractivity (Wildman–Crippen MR) is 71.7 cm³/mol. The van der Waals surface area contributed by atoms with Crippen LogP contribution in [0.25, 0.3) is 0 Å². The fourth-order valence-electron chi connectivity index (χ4n) is 1.51. The number of rotatable bonds is 3. The zero-order valence-electron chi connectivity index (χ0n) is 9.98. The van der Waals surface area contributed by atoms with Gasteiger partial charge in [0.05, 0.1) is 0 Å². The quantitative estimate of drug-likeness (QED) is 0.942. The molecule has 0 saturated carbocycles. The lowest BCUT2D eigenvalue weighted by Gasteiger charge is -2.09. The van der Waals surface area contributed by atoms with E-state index in [0.29, 0.717) is 0 Å². The molecule has 0 fully saturated rings. The molecule has 2 rings (SSSR count). The van der Waals surface area contributed by atoms with Gasteiger partial charge < -0.3 is 10.5 Å². The number of hydrogen-bond acceptors (Lipinski definition) is 3. The number of ether oxygens (including phenoxy) is 1. The summed E-state index contributed by atoms with van der Waals surface area (Å²) < 4.78 is 19.8. The molecule has 6 heteroatoms. The average Bonchev–Trinajstić information content (AvgIpc) is 2.33. The normalized spacial score (nSPS) is 10.3. The molecule has 2 aromatic rings. The zero-order chi connectivity index (χ0) is 14.0. The third-order valence-electron chi connectivity index (χ3n) is 2.46. The van der Waals surface area contributed by atoms with Crippen molar-refractivity contribution in [3.63, 3.8) is 0 Å². The van der Waals surface area contributed by atoms with E-state index in [0.717, 1.165) is 16.1 Å². The summed E-state index contributed by atoms with van der Waals surface area (Å²) in [5.74, 6) is -1.31. The Hall–Kier alpha value is -1.95. The molecule has 0 saturated heterocycles. The smallest absolute Gasteiger partial charge is 0.255 e. The van der Waals surface area contributed by atoms with Gasteiger partial charge in [-0.1, -0.05) is 6.07 Å². The Morgan fingerprint density at radius 1 is 1.47 bits per heavy atom. The largest absolute Gasteiger partial charge is 0.438 e. The van der Waals surface area contributed by atoms with Crippen molar-refractivity contribution in [1.82, 2.24) is 4.98 Å². The van der Waals surface area contributed by atoms with E-state index in [1.54, 1.807) is 12.3 Å². The molecule has 2 N–H and O–H groups in total. The zero-order valence-corrected chi connectivity index (χ0v) is 11.6. The van der Waals surface area contributed by atoms with Gasteiger partial charge in [-0.15, -0.1) is 0 Å². The van der Waals surface area contributed by atoms with E-state index in [4.69, 9.17) is 10.5 Å². The van der Waals surface area contributed by atoms with E-state index in [2.05, 4.69) is 20.9 Å². The molecule has 0 radical (unpaired) electrons. The molecular formula is C13H10BrFN2O2. The van der Waals surface area contributed by atoms with Crippen molar-refractivity contribution < 1.29 is 13.9 Å². The second-order valence-electron chi connectivity index (χ2n) is 3.85. The minimum Gasteiger partial charge on any atom is -0.438 e. The molecule has 4 nitrogen and oxygen atoms in total. The molecule has 0 atom stereocenters. The van der Waals surface area contributed by atoms with Crippen LogP contribution in [0.2, 0.25) is 0 Å². The van der Waals surface area contributed by atoms with E-state index in [-0.39, 0.29) is 17.2 Å². The Bertz CT molecular complexity index is 647. The maximum atomic E-state index is 13.5. The Kier molecular flexibility index (Phi) is 3.80. The highest BCUT2D eigenvalue weighted by molar-refractivity contribution is 9.10. The summed E-state index contributed by atoms with van der Waals surface area (Å²) in [4.78, 5) is 15.2. The number of nitrogens with zero attached hydrogens (tertiary/aromatic N) is 1. The Labute approximate surface area is 117 Å². The highest BCUT2D eigenvalue weighted by Gasteiger charge is 2.16. The molecule has 0 unspecified atom stereocenters. The Morgan fingerprint density at radius 2 is 2.21 bits per heavy atom. The lowest BCUT2D eigenvalue weighted by Crippen LogP contribution is -2.14. The van der Waals surface area contributed by atoms with Crippen LogP contribution in [0, 0.1) is 12.7 Å². The van der Waals surface area contributed by atoms with E-state index >= 15 is 0 Å². The maximum absolute atomic E-state index is 13.5. The van der Waals surface area contributed by atoms with Gasteiger partial charge in [-0.05, 0) is 40.5 Å². The first-order chi connectivity index (χ1) is 8.99. The fourth-order valence-corrected chi connectivity index (χ4v) is 1.73. The summed E-state index contributed by atoms with van der Waals surface area (Å²) in [6, 6.07) is 5.71. The molecule has 98 valence electrons. The van der Waals surface area contributed by atoms with Crippen LogP contribution in [0.1, 0.15) is 15.9 Å². The van der Waals surface area contributed by atoms with Gasteiger partial charge in [-0.25, -0.2) is 9.37 Å². The van der Waals surface area contributed by atoms with Crippen LogP contribution in [-0.4, -0.2) is 10.9 Å². The molecular weight excluding hydrogens is 315 g/mol. The topological polar surface area (TPSA) is 65.2 Å². The van der Waals surface area contributed by atoms with Crippen LogP contribution in [0.3, 0.4) is 0 Å². The summed E-state index contributed by atoms with van der Waals surface area (Å²) >= 11 is 3.31.